The van der Waals surface area contributed by atoms with Gasteiger partial charge in [0.15, 0.2) is 11.0 Å². The predicted octanol–water partition coefficient (Wildman–Crippen LogP) is 5.50. The van der Waals surface area contributed by atoms with Gasteiger partial charge in [0, 0.05) is 11.4 Å². The Kier molecular flexibility index (Phi) is 7.10. The SMILES string of the molecule is Cc1ccc(OCc2nnc(SCC(=O)Nc3cc(C)ccc3C)n2-c2ccccc2)cc1. The number of carbonyl (C=O) groups excluding carboxylic acids is 1. The maximum absolute atomic E-state index is 12.6. The van der Waals surface area contributed by atoms with Crippen molar-refractivity contribution in [3.63, 3.8) is 0 Å². The van der Waals surface area contributed by atoms with E-state index >= 15 is 0 Å². The van der Waals surface area contributed by atoms with Crippen LogP contribution in [0, 0.1) is 20.8 Å². The summed E-state index contributed by atoms with van der Waals surface area (Å²) in [5, 5.41) is 12.3. The molecule has 1 aromatic heterocycles. The van der Waals surface area contributed by atoms with Crippen molar-refractivity contribution in [2.45, 2.75) is 32.5 Å². The lowest BCUT2D eigenvalue weighted by Crippen LogP contribution is -2.15. The lowest BCUT2D eigenvalue weighted by Gasteiger charge is -2.12. The van der Waals surface area contributed by atoms with E-state index in [1.165, 1.54) is 17.3 Å². The maximum atomic E-state index is 12.6. The van der Waals surface area contributed by atoms with Gasteiger partial charge in [-0.15, -0.1) is 10.2 Å². The van der Waals surface area contributed by atoms with Crippen molar-refractivity contribution in [1.82, 2.24) is 14.8 Å². The van der Waals surface area contributed by atoms with E-state index in [1.807, 2.05) is 98.1 Å². The number of aryl methyl sites for hydroxylation is 3. The minimum atomic E-state index is -0.0891. The molecule has 1 amide bonds. The summed E-state index contributed by atoms with van der Waals surface area (Å²) in [5.74, 6) is 1.57. The molecule has 0 aliphatic rings. The Morgan fingerprint density at radius 3 is 2.42 bits per heavy atom. The standard InChI is InChI=1S/C26H26N4O2S/c1-18-10-13-22(14-11-18)32-16-24-28-29-26(30(24)21-7-5-4-6-8-21)33-17-25(31)27-23-15-19(2)9-12-20(23)3/h4-15H,16-17H2,1-3H3,(H,27,31). The lowest BCUT2D eigenvalue weighted by atomic mass is 10.1. The number of rotatable bonds is 8. The van der Waals surface area contributed by atoms with Gasteiger partial charge in [0.25, 0.3) is 0 Å². The molecule has 0 spiro atoms. The van der Waals surface area contributed by atoms with Crippen molar-refractivity contribution in [3.05, 3.63) is 95.3 Å². The summed E-state index contributed by atoms with van der Waals surface area (Å²) in [5.41, 5.74) is 5.06. The van der Waals surface area contributed by atoms with Crippen molar-refractivity contribution in [2.75, 3.05) is 11.1 Å². The normalized spacial score (nSPS) is 10.8. The van der Waals surface area contributed by atoms with Gasteiger partial charge in [-0.1, -0.05) is 59.8 Å². The molecule has 168 valence electrons. The third kappa shape index (κ3) is 5.81. The van der Waals surface area contributed by atoms with Gasteiger partial charge in [0.2, 0.25) is 5.91 Å². The van der Waals surface area contributed by atoms with Crippen LogP contribution >= 0.6 is 11.8 Å². The van der Waals surface area contributed by atoms with Crippen molar-refractivity contribution in [3.8, 4) is 11.4 Å². The molecule has 0 saturated carbocycles. The fraction of sp³-hybridized carbons (Fsp3) is 0.192. The highest BCUT2D eigenvalue weighted by atomic mass is 32.2. The van der Waals surface area contributed by atoms with Crippen LogP contribution in [0.4, 0.5) is 5.69 Å². The Labute approximate surface area is 198 Å². The Hall–Kier alpha value is -3.58. The van der Waals surface area contributed by atoms with Crippen molar-refractivity contribution in [2.24, 2.45) is 0 Å². The van der Waals surface area contributed by atoms with Crippen molar-refractivity contribution >= 4 is 23.4 Å². The minimum Gasteiger partial charge on any atom is -0.486 e. The van der Waals surface area contributed by atoms with Crippen LogP contribution < -0.4 is 10.1 Å². The van der Waals surface area contributed by atoms with Crippen LogP contribution in [0.1, 0.15) is 22.5 Å². The van der Waals surface area contributed by atoms with E-state index in [1.54, 1.807) is 0 Å². The molecule has 0 aliphatic heterocycles. The van der Waals surface area contributed by atoms with Crippen LogP contribution in [0.25, 0.3) is 5.69 Å². The predicted molar refractivity (Wildman–Crippen MR) is 132 cm³/mol. The molecule has 6 nitrogen and oxygen atoms in total. The molecule has 4 rings (SSSR count). The number of thioether (sulfide) groups is 1. The molecule has 1 heterocycles. The minimum absolute atomic E-state index is 0.0891. The van der Waals surface area contributed by atoms with E-state index < -0.39 is 0 Å². The third-order valence-corrected chi connectivity index (χ3v) is 6.03. The lowest BCUT2D eigenvalue weighted by molar-refractivity contribution is -0.113. The Balaban J connectivity index is 1.49. The average molecular weight is 459 g/mol. The molecule has 4 aromatic rings. The number of nitrogens with zero attached hydrogens (tertiary/aromatic N) is 3. The first kappa shape index (κ1) is 22.6. The number of nitrogens with one attached hydrogen (secondary N) is 1. The van der Waals surface area contributed by atoms with Crippen molar-refractivity contribution < 1.29 is 9.53 Å². The van der Waals surface area contributed by atoms with Crippen LogP contribution in [-0.4, -0.2) is 26.4 Å². The number of benzene rings is 3. The number of hydrogen-bond donors (Lipinski definition) is 1. The Morgan fingerprint density at radius 1 is 0.939 bits per heavy atom. The highest BCUT2D eigenvalue weighted by Gasteiger charge is 2.17. The third-order valence-electron chi connectivity index (χ3n) is 5.10. The van der Waals surface area contributed by atoms with Gasteiger partial charge in [-0.05, 0) is 62.2 Å². The summed E-state index contributed by atoms with van der Waals surface area (Å²) in [4.78, 5) is 12.6. The van der Waals surface area contributed by atoms with Gasteiger partial charge >= 0.3 is 0 Å². The second kappa shape index (κ2) is 10.4. The maximum Gasteiger partial charge on any atom is 0.234 e. The monoisotopic (exact) mass is 458 g/mol. The molecular formula is C26H26N4O2S. The first-order chi connectivity index (χ1) is 16.0. The van der Waals surface area contributed by atoms with E-state index in [0.717, 1.165) is 28.3 Å². The van der Waals surface area contributed by atoms with Crippen LogP contribution in [0.15, 0.2) is 78.0 Å². The zero-order valence-corrected chi connectivity index (χ0v) is 19.7. The van der Waals surface area contributed by atoms with E-state index in [2.05, 4.69) is 15.5 Å². The molecule has 1 N–H and O–H groups in total. The molecule has 33 heavy (non-hydrogen) atoms. The molecule has 0 atom stereocenters. The van der Waals surface area contributed by atoms with Crippen LogP contribution in [-0.2, 0) is 11.4 Å². The van der Waals surface area contributed by atoms with Crippen LogP contribution in [0.3, 0.4) is 0 Å². The zero-order chi connectivity index (χ0) is 23.2. The number of anilines is 1. The second-order valence-electron chi connectivity index (χ2n) is 7.83. The van der Waals surface area contributed by atoms with E-state index in [4.69, 9.17) is 4.74 Å². The fourth-order valence-corrected chi connectivity index (χ4v) is 4.06. The summed E-state index contributed by atoms with van der Waals surface area (Å²) < 4.78 is 7.87. The van der Waals surface area contributed by atoms with Gasteiger partial charge < -0.3 is 10.1 Å². The highest BCUT2D eigenvalue weighted by molar-refractivity contribution is 7.99. The van der Waals surface area contributed by atoms with Crippen molar-refractivity contribution in [1.29, 1.82) is 0 Å². The van der Waals surface area contributed by atoms with Gasteiger partial charge in [-0.25, -0.2) is 0 Å². The highest BCUT2D eigenvalue weighted by Crippen LogP contribution is 2.24. The number of ether oxygens (including phenoxy) is 1. The molecule has 0 bridgehead atoms. The zero-order valence-electron chi connectivity index (χ0n) is 18.9. The van der Waals surface area contributed by atoms with E-state index in [-0.39, 0.29) is 18.3 Å². The molecule has 0 radical (unpaired) electrons. The molecule has 0 fully saturated rings. The topological polar surface area (TPSA) is 69.0 Å². The molecule has 0 unspecified atom stereocenters. The molecular weight excluding hydrogens is 432 g/mol. The summed E-state index contributed by atoms with van der Waals surface area (Å²) in [7, 11) is 0. The van der Waals surface area contributed by atoms with Gasteiger partial charge in [-0.2, -0.15) is 0 Å². The van der Waals surface area contributed by atoms with E-state index in [9.17, 15) is 4.79 Å². The first-order valence-electron chi connectivity index (χ1n) is 10.7. The molecule has 3 aromatic carbocycles. The summed E-state index contributed by atoms with van der Waals surface area (Å²) in [6.07, 6.45) is 0. The Morgan fingerprint density at radius 2 is 1.67 bits per heavy atom. The quantitative estimate of drug-likeness (QED) is 0.353. The fourth-order valence-electron chi connectivity index (χ4n) is 3.29. The number of carbonyl (C=O) groups is 1. The molecule has 0 saturated heterocycles. The number of hydrogen-bond acceptors (Lipinski definition) is 5. The Bertz CT molecular complexity index is 1240. The largest absolute Gasteiger partial charge is 0.486 e. The van der Waals surface area contributed by atoms with Gasteiger partial charge in [-0.3, -0.25) is 9.36 Å². The number of para-hydroxylation sites is 1. The summed E-state index contributed by atoms with van der Waals surface area (Å²) in [6.45, 7) is 6.29. The molecule has 7 heteroatoms. The molecule has 0 aliphatic carbocycles. The first-order valence-corrected chi connectivity index (χ1v) is 11.7. The van der Waals surface area contributed by atoms with Crippen LogP contribution in [0.2, 0.25) is 0 Å². The van der Waals surface area contributed by atoms with Gasteiger partial charge in [0.05, 0.1) is 5.75 Å². The summed E-state index contributed by atoms with van der Waals surface area (Å²) >= 11 is 1.35. The second-order valence-corrected chi connectivity index (χ2v) is 8.77. The summed E-state index contributed by atoms with van der Waals surface area (Å²) in [6, 6.07) is 23.7. The van der Waals surface area contributed by atoms with Crippen LogP contribution in [0.5, 0.6) is 5.75 Å². The smallest absolute Gasteiger partial charge is 0.234 e. The van der Waals surface area contributed by atoms with E-state index in [0.29, 0.717) is 11.0 Å². The number of aromatic nitrogens is 3. The number of amides is 1. The van der Waals surface area contributed by atoms with Gasteiger partial charge in [0.1, 0.15) is 12.4 Å². The average Bonchev–Trinajstić information content (AvgIpc) is 3.23.